The van der Waals surface area contributed by atoms with E-state index in [-0.39, 0.29) is 23.5 Å². The number of ketones is 1. The number of nitrogens with zero attached hydrogens (tertiary/aromatic N) is 3. The molecule has 1 heterocycles. The predicted molar refractivity (Wildman–Crippen MR) is 127 cm³/mol. The second-order valence-electron chi connectivity index (χ2n) is 7.23. The standard InChI is InChI=1S/C23H25ClN4O3S/c1-5-28-22(16(4)31-20-10-9-18(24)11-14(20)2)26-27-23(28)32-13-21(30)25-19-8-6-7-17(12-19)15(3)29/h6-12,16H,5,13H2,1-4H3,(H,25,30). The van der Waals surface area contributed by atoms with E-state index in [2.05, 4.69) is 15.5 Å². The van der Waals surface area contributed by atoms with Crippen LogP contribution in [-0.4, -0.2) is 32.2 Å². The third kappa shape index (κ3) is 5.89. The highest BCUT2D eigenvalue weighted by Crippen LogP contribution is 2.28. The molecule has 1 atom stereocenters. The van der Waals surface area contributed by atoms with Crippen LogP contribution in [0.3, 0.4) is 0 Å². The molecule has 0 aliphatic heterocycles. The van der Waals surface area contributed by atoms with Crippen molar-refractivity contribution in [3.63, 3.8) is 0 Å². The first-order valence-electron chi connectivity index (χ1n) is 10.2. The maximum absolute atomic E-state index is 12.4. The van der Waals surface area contributed by atoms with Gasteiger partial charge in [-0.2, -0.15) is 0 Å². The number of hydrogen-bond donors (Lipinski definition) is 1. The summed E-state index contributed by atoms with van der Waals surface area (Å²) in [6, 6.07) is 12.3. The van der Waals surface area contributed by atoms with Crippen LogP contribution in [0.5, 0.6) is 5.75 Å². The van der Waals surface area contributed by atoms with Crippen LogP contribution >= 0.6 is 23.4 Å². The SMILES string of the molecule is CCn1c(SCC(=O)Nc2cccc(C(C)=O)c2)nnc1C(C)Oc1ccc(Cl)cc1C. The zero-order chi connectivity index (χ0) is 23.3. The lowest BCUT2D eigenvalue weighted by molar-refractivity contribution is -0.113. The van der Waals surface area contributed by atoms with Crippen LogP contribution in [0.15, 0.2) is 47.6 Å². The summed E-state index contributed by atoms with van der Waals surface area (Å²) >= 11 is 7.32. The molecule has 0 bridgehead atoms. The largest absolute Gasteiger partial charge is 0.482 e. The van der Waals surface area contributed by atoms with E-state index in [0.717, 1.165) is 11.3 Å². The lowest BCUT2D eigenvalue weighted by atomic mass is 10.1. The number of amides is 1. The molecule has 1 aromatic heterocycles. The van der Waals surface area contributed by atoms with Crippen molar-refractivity contribution >= 4 is 40.7 Å². The van der Waals surface area contributed by atoms with Gasteiger partial charge in [-0.15, -0.1) is 10.2 Å². The summed E-state index contributed by atoms with van der Waals surface area (Å²) < 4.78 is 8.01. The molecule has 0 aliphatic rings. The van der Waals surface area contributed by atoms with Crippen molar-refractivity contribution in [3.8, 4) is 5.75 Å². The summed E-state index contributed by atoms with van der Waals surface area (Å²) in [5, 5.41) is 12.7. The number of benzene rings is 2. The van der Waals surface area contributed by atoms with Crippen molar-refractivity contribution in [1.82, 2.24) is 14.8 Å². The Morgan fingerprint density at radius 3 is 2.69 bits per heavy atom. The Balaban J connectivity index is 1.64. The molecule has 168 valence electrons. The quantitative estimate of drug-likeness (QED) is 0.334. The van der Waals surface area contributed by atoms with Crippen LogP contribution < -0.4 is 10.1 Å². The fraction of sp³-hybridized carbons (Fsp3) is 0.304. The first kappa shape index (κ1) is 23.8. The number of ether oxygens (including phenoxy) is 1. The van der Waals surface area contributed by atoms with Gasteiger partial charge in [-0.05, 0) is 63.6 Å². The first-order chi connectivity index (χ1) is 15.3. The molecule has 0 saturated carbocycles. The zero-order valence-corrected chi connectivity index (χ0v) is 20.0. The molecule has 0 aliphatic carbocycles. The topological polar surface area (TPSA) is 86.1 Å². The minimum absolute atomic E-state index is 0.0517. The Hall–Kier alpha value is -2.84. The number of thioether (sulfide) groups is 1. The van der Waals surface area contributed by atoms with Crippen molar-refractivity contribution in [2.45, 2.75) is 45.5 Å². The van der Waals surface area contributed by atoms with Gasteiger partial charge in [0.25, 0.3) is 0 Å². The Morgan fingerprint density at radius 1 is 1.22 bits per heavy atom. The van der Waals surface area contributed by atoms with Crippen LogP contribution in [-0.2, 0) is 11.3 Å². The summed E-state index contributed by atoms with van der Waals surface area (Å²) in [6.07, 6.45) is -0.333. The van der Waals surface area contributed by atoms with Gasteiger partial charge in [0.05, 0.1) is 5.75 Å². The number of hydrogen-bond acceptors (Lipinski definition) is 6. The van der Waals surface area contributed by atoms with Gasteiger partial charge in [0.15, 0.2) is 22.9 Å². The lowest BCUT2D eigenvalue weighted by Gasteiger charge is -2.17. The molecular weight excluding hydrogens is 448 g/mol. The van der Waals surface area contributed by atoms with Crippen molar-refractivity contribution in [3.05, 3.63) is 64.4 Å². The van der Waals surface area contributed by atoms with E-state index in [4.69, 9.17) is 16.3 Å². The Bertz CT molecular complexity index is 1130. The van der Waals surface area contributed by atoms with Gasteiger partial charge < -0.3 is 14.6 Å². The minimum atomic E-state index is -0.333. The Kier molecular flexibility index (Phi) is 7.93. The molecule has 3 rings (SSSR count). The Morgan fingerprint density at radius 2 is 2.00 bits per heavy atom. The molecule has 1 N–H and O–H groups in total. The van der Waals surface area contributed by atoms with E-state index in [1.54, 1.807) is 30.3 Å². The number of aryl methyl sites for hydroxylation is 1. The third-order valence-corrected chi connectivity index (χ3v) is 5.95. The van der Waals surface area contributed by atoms with Crippen molar-refractivity contribution in [2.24, 2.45) is 0 Å². The third-order valence-electron chi connectivity index (χ3n) is 4.75. The smallest absolute Gasteiger partial charge is 0.234 e. The normalized spacial score (nSPS) is 11.8. The molecule has 0 radical (unpaired) electrons. The van der Waals surface area contributed by atoms with E-state index >= 15 is 0 Å². The monoisotopic (exact) mass is 472 g/mol. The molecule has 1 unspecified atom stereocenters. The number of nitrogens with one attached hydrogen (secondary N) is 1. The van der Waals surface area contributed by atoms with E-state index in [1.807, 2.05) is 37.5 Å². The summed E-state index contributed by atoms with van der Waals surface area (Å²) in [4.78, 5) is 23.9. The van der Waals surface area contributed by atoms with E-state index in [1.165, 1.54) is 18.7 Å². The molecule has 7 nitrogen and oxygen atoms in total. The average molecular weight is 473 g/mol. The van der Waals surface area contributed by atoms with Crippen molar-refractivity contribution in [1.29, 1.82) is 0 Å². The highest BCUT2D eigenvalue weighted by Gasteiger charge is 2.20. The van der Waals surface area contributed by atoms with Crippen LogP contribution in [0.4, 0.5) is 5.69 Å². The molecule has 0 spiro atoms. The van der Waals surface area contributed by atoms with Gasteiger partial charge in [-0.1, -0.05) is 35.5 Å². The van der Waals surface area contributed by atoms with Crippen LogP contribution in [0, 0.1) is 6.92 Å². The van der Waals surface area contributed by atoms with Crippen LogP contribution in [0.25, 0.3) is 0 Å². The number of aromatic nitrogens is 3. The molecule has 3 aromatic rings. The fourth-order valence-electron chi connectivity index (χ4n) is 3.14. The van der Waals surface area contributed by atoms with Crippen LogP contribution in [0.2, 0.25) is 5.02 Å². The van der Waals surface area contributed by atoms with Gasteiger partial charge in [-0.25, -0.2) is 0 Å². The summed E-state index contributed by atoms with van der Waals surface area (Å²) in [5.74, 6) is 1.33. The fourth-order valence-corrected chi connectivity index (χ4v) is 4.17. The minimum Gasteiger partial charge on any atom is -0.482 e. The molecule has 0 saturated heterocycles. The van der Waals surface area contributed by atoms with Crippen molar-refractivity contribution < 1.29 is 14.3 Å². The summed E-state index contributed by atoms with van der Waals surface area (Å²) in [6.45, 7) is 7.97. The average Bonchev–Trinajstić information content (AvgIpc) is 3.17. The predicted octanol–water partition coefficient (Wildman–Crippen LogP) is 5.33. The first-order valence-corrected chi connectivity index (χ1v) is 11.5. The number of carbonyl (C=O) groups excluding carboxylic acids is 2. The molecule has 1 amide bonds. The maximum atomic E-state index is 12.4. The highest BCUT2D eigenvalue weighted by atomic mass is 35.5. The van der Waals surface area contributed by atoms with E-state index in [0.29, 0.717) is 33.8 Å². The van der Waals surface area contributed by atoms with E-state index < -0.39 is 0 Å². The second kappa shape index (κ2) is 10.7. The van der Waals surface area contributed by atoms with Crippen molar-refractivity contribution in [2.75, 3.05) is 11.1 Å². The number of anilines is 1. The summed E-state index contributed by atoms with van der Waals surface area (Å²) in [5.41, 5.74) is 2.07. The molecule has 2 aromatic carbocycles. The number of carbonyl (C=O) groups is 2. The van der Waals surface area contributed by atoms with Gasteiger partial charge in [-0.3, -0.25) is 9.59 Å². The number of halogens is 1. The molecule has 9 heteroatoms. The highest BCUT2D eigenvalue weighted by molar-refractivity contribution is 7.99. The maximum Gasteiger partial charge on any atom is 0.234 e. The van der Waals surface area contributed by atoms with Gasteiger partial charge in [0, 0.05) is 22.8 Å². The van der Waals surface area contributed by atoms with Gasteiger partial charge in [0.2, 0.25) is 5.91 Å². The van der Waals surface area contributed by atoms with E-state index in [9.17, 15) is 9.59 Å². The molecule has 0 fully saturated rings. The van der Waals surface area contributed by atoms with Gasteiger partial charge >= 0.3 is 0 Å². The number of Topliss-reactive ketones (excluding diaryl/α,β-unsaturated/α-hetero) is 1. The van der Waals surface area contributed by atoms with Gasteiger partial charge in [0.1, 0.15) is 5.75 Å². The zero-order valence-electron chi connectivity index (χ0n) is 18.4. The molecule has 32 heavy (non-hydrogen) atoms. The lowest BCUT2D eigenvalue weighted by Crippen LogP contribution is -2.15. The number of rotatable bonds is 9. The van der Waals surface area contributed by atoms with Crippen LogP contribution in [0.1, 0.15) is 48.6 Å². The Labute approximate surface area is 196 Å². The summed E-state index contributed by atoms with van der Waals surface area (Å²) in [7, 11) is 0. The second-order valence-corrected chi connectivity index (χ2v) is 8.61. The molecular formula is C23H25ClN4O3S.